The number of rotatable bonds is 4. The lowest BCUT2D eigenvalue weighted by atomic mass is 10.1. The van der Waals surface area contributed by atoms with Gasteiger partial charge in [-0.3, -0.25) is 10.1 Å². The highest BCUT2D eigenvalue weighted by atomic mass is 16.6. The molecule has 0 amide bonds. The zero-order valence-electron chi connectivity index (χ0n) is 9.30. The maximum atomic E-state index is 10.5. The van der Waals surface area contributed by atoms with Gasteiger partial charge >= 0.3 is 0 Å². The number of non-ortho nitro benzene ring substituents is 1. The van der Waals surface area contributed by atoms with E-state index in [0.717, 1.165) is 13.0 Å². The van der Waals surface area contributed by atoms with Crippen LogP contribution in [0.15, 0.2) is 18.2 Å². The number of ether oxygens (including phenoxy) is 2. The first-order valence-electron chi connectivity index (χ1n) is 5.41. The highest BCUT2D eigenvalue weighted by Crippen LogP contribution is 2.27. The van der Waals surface area contributed by atoms with E-state index >= 15 is 0 Å². The standard InChI is InChI=1S/C11H14N2O4/c12-10-5-9(13(14)15)1-2-11(10)17-7-8-3-4-16-6-8/h1-2,5,8H,3-4,6-7,12H2. The van der Waals surface area contributed by atoms with Crippen LogP contribution in [0.4, 0.5) is 11.4 Å². The molecule has 0 aliphatic carbocycles. The Morgan fingerprint density at radius 3 is 3.00 bits per heavy atom. The van der Waals surface area contributed by atoms with Gasteiger partial charge in [0.25, 0.3) is 5.69 Å². The second-order valence-corrected chi connectivity index (χ2v) is 4.02. The molecule has 17 heavy (non-hydrogen) atoms. The molecule has 0 bridgehead atoms. The molecular weight excluding hydrogens is 224 g/mol. The highest BCUT2D eigenvalue weighted by Gasteiger charge is 2.17. The van der Waals surface area contributed by atoms with Gasteiger partial charge < -0.3 is 15.2 Å². The Balaban J connectivity index is 1.98. The van der Waals surface area contributed by atoms with Crippen LogP contribution >= 0.6 is 0 Å². The van der Waals surface area contributed by atoms with Crippen molar-refractivity contribution in [3.8, 4) is 5.75 Å². The summed E-state index contributed by atoms with van der Waals surface area (Å²) >= 11 is 0. The van der Waals surface area contributed by atoms with Crippen LogP contribution in [0.5, 0.6) is 5.75 Å². The largest absolute Gasteiger partial charge is 0.491 e. The average Bonchev–Trinajstić information content (AvgIpc) is 2.80. The molecule has 0 aromatic heterocycles. The monoisotopic (exact) mass is 238 g/mol. The molecule has 0 saturated carbocycles. The molecule has 92 valence electrons. The number of hydrogen-bond donors (Lipinski definition) is 1. The van der Waals surface area contributed by atoms with Crippen LogP contribution in [0, 0.1) is 16.0 Å². The fourth-order valence-electron chi connectivity index (χ4n) is 1.70. The molecule has 1 fully saturated rings. The molecule has 1 aromatic carbocycles. The lowest BCUT2D eigenvalue weighted by Crippen LogP contribution is -2.12. The molecule has 1 heterocycles. The molecule has 1 saturated heterocycles. The summed E-state index contributed by atoms with van der Waals surface area (Å²) in [7, 11) is 0. The highest BCUT2D eigenvalue weighted by molar-refractivity contribution is 5.58. The van der Waals surface area contributed by atoms with Crippen molar-refractivity contribution in [1.29, 1.82) is 0 Å². The van der Waals surface area contributed by atoms with Crippen molar-refractivity contribution >= 4 is 11.4 Å². The molecule has 0 spiro atoms. The van der Waals surface area contributed by atoms with Crippen LogP contribution in [0.1, 0.15) is 6.42 Å². The molecule has 6 nitrogen and oxygen atoms in total. The maximum Gasteiger partial charge on any atom is 0.271 e. The number of benzene rings is 1. The molecular formula is C11H14N2O4. The van der Waals surface area contributed by atoms with E-state index in [1.165, 1.54) is 18.2 Å². The fourth-order valence-corrected chi connectivity index (χ4v) is 1.70. The predicted octanol–water partition coefficient (Wildman–Crippen LogP) is 1.59. The summed E-state index contributed by atoms with van der Waals surface area (Å²) in [5.41, 5.74) is 5.94. The molecule has 2 rings (SSSR count). The van der Waals surface area contributed by atoms with Crippen LogP contribution in [0.25, 0.3) is 0 Å². The van der Waals surface area contributed by atoms with Gasteiger partial charge in [-0.2, -0.15) is 0 Å². The zero-order chi connectivity index (χ0) is 12.3. The van der Waals surface area contributed by atoms with Crippen molar-refractivity contribution in [2.45, 2.75) is 6.42 Å². The third-order valence-electron chi connectivity index (χ3n) is 2.70. The molecule has 6 heteroatoms. The Morgan fingerprint density at radius 1 is 1.59 bits per heavy atom. The first-order chi connectivity index (χ1) is 8.16. The van der Waals surface area contributed by atoms with Crippen LogP contribution in [-0.2, 0) is 4.74 Å². The second-order valence-electron chi connectivity index (χ2n) is 4.02. The van der Waals surface area contributed by atoms with Crippen molar-refractivity contribution in [2.75, 3.05) is 25.6 Å². The normalized spacial score (nSPS) is 19.2. The molecule has 2 N–H and O–H groups in total. The van der Waals surface area contributed by atoms with Crippen LogP contribution in [0.2, 0.25) is 0 Å². The minimum atomic E-state index is -0.481. The van der Waals surface area contributed by atoms with Crippen molar-refractivity contribution in [3.63, 3.8) is 0 Å². The number of nitrogen functional groups attached to an aromatic ring is 1. The van der Waals surface area contributed by atoms with Gasteiger partial charge in [-0.15, -0.1) is 0 Å². The van der Waals surface area contributed by atoms with E-state index < -0.39 is 4.92 Å². The number of nitrogens with two attached hydrogens (primary N) is 1. The smallest absolute Gasteiger partial charge is 0.271 e. The van der Waals surface area contributed by atoms with Crippen LogP contribution in [-0.4, -0.2) is 24.7 Å². The number of nitrogens with zero attached hydrogens (tertiary/aromatic N) is 1. The van der Waals surface area contributed by atoms with Gasteiger partial charge in [0.2, 0.25) is 0 Å². The quantitative estimate of drug-likeness (QED) is 0.489. The zero-order valence-corrected chi connectivity index (χ0v) is 9.30. The Morgan fingerprint density at radius 2 is 2.41 bits per heavy atom. The third kappa shape index (κ3) is 2.85. The third-order valence-corrected chi connectivity index (χ3v) is 2.70. The molecule has 1 aromatic rings. The summed E-state index contributed by atoms with van der Waals surface area (Å²) in [6, 6.07) is 4.22. The van der Waals surface area contributed by atoms with Crippen molar-refractivity contribution < 1.29 is 14.4 Å². The average molecular weight is 238 g/mol. The van der Waals surface area contributed by atoms with E-state index in [9.17, 15) is 10.1 Å². The molecule has 1 aliphatic heterocycles. The summed E-state index contributed by atoms with van der Waals surface area (Å²) < 4.78 is 10.8. The van der Waals surface area contributed by atoms with Gasteiger partial charge in [-0.1, -0.05) is 0 Å². The Kier molecular flexibility index (Phi) is 3.43. The molecule has 1 atom stereocenters. The minimum Gasteiger partial charge on any atom is -0.491 e. The number of nitro groups is 1. The van der Waals surface area contributed by atoms with E-state index in [2.05, 4.69) is 0 Å². The summed E-state index contributed by atoms with van der Waals surface area (Å²) in [5, 5.41) is 10.5. The van der Waals surface area contributed by atoms with Crippen LogP contribution < -0.4 is 10.5 Å². The second kappa shape index (κ2) is 5.01. The Bertz CT molecular complexity index is 416. The Labute approximate surface area is 98.5 Å². The Hall–Kier alpha value is -1.82. The van der Waals surface area contributed by atoms with Crippen LogP contribution in [0.3, 0.4) is 0 Å². The molecule has 1 unspecified atom stereocenters. The summed E-state index contributed by atoms with van der Waals surface area (Å²) in [4.78, 5) is 10.0. The number of anilines is 1. The summed E-state index contributed by atoms with van der Waals surface area (Å²) in [6.07, 6.45) is 0.979. The molecule has 0 radical (unpaired) electrons. The van der Waals surface area contributed by atoms with E-state index in [1.54, 1.807) is 0 Å². The first kappa shape index (κ1) is 11.7. The van der Waals surface area contributed by atoms with E-state index in [1.807, 2.05) is 0 Å². The lowest BCUT2D eigenvalue weighted by Gasteiger charge is -2.11. The van der Waals surface area contributed by atoms with Gasteiger partial charge in [0.1, 0.15) is 5.75 Å². The predicted molar refractivity (Wildman–Crippen MR) is 61.9 cm³/mol. The van der Waals surface area contributed by atoms with E-state index in [0.29, 0.717) is 24.9 Å². The van der Waals surface area contributed by atoms with Gasteiger partial charge in [-0.05, 0) is 12.5 Å². The summed E-state index contributed by atoms with van der Waals surface area (Å²) in [5.74, 6) is 0.868. The SMILES string of the molecule is Nc1cc([N+](=O)[O-])ccc1OCC1CCOC1. The van der Waals surface area contributed by atoms with Crippen molar-refractivity contribution in [3.05, 3.63) is 28.3 Å². The van der Waals surface area contributed by atoms with Crippen molar-refractivity contribution in [2.24, 2.45) is 5.92 Å². The lowest BCUT2D eigenvalue weighted by molar-refractivity contribution is -0.384. The van der Waals surface area contributed by atoms with E-state index in [-0.39, 0.29) is 11.4 Å². The van der Waals surface area contributed by atoms with Gasteiger partial charge in [0, 0.05) is 24.7 Å². The van der Waals surface area contributed by atoms with Gasteiger partial charge in [0.15, 0.2) is 0 Å². The number of nitro benzene ring substituents is 1. The van der Waals surface area contributed by atoms with Gasteiger partial charge in [0.05, 0.1) is 23.8 Å². The fraction of sp³-hybridized carbons (Fsp3) is 0.455. The topological polar surface area (TPSA) is 87.6 Å². The first-order valence-corrected chi connectivity index (χ1v) is 5.41. The van der Waals surface area contributed by atoms with Gasteiger partial charge in [-0.25, -0.2) is 0 Å². The molecule has 1 aliphatic rings. The summed E-state index contributed by atoms with van der Waals surface area (Å²) in [6.45, 7) is 2.00. The maximum absolute atomic E-state index is 10.5. The van der Waals surface area contributed by atoms with Crippen molar-refractivity contribution in [1.82, 2.24) is 0 Å². The number of hydrogen-bond acceptors (Lipinski definition) is 5. The minimum absolute atomic E-state index is 0.0287. The van der Waals surface area contributed by atoms with E-state index in [4.69, 9.17) is 15.2 Å².